The van der Waals surface area contributed by atoms with E-state index >= 15 is 28.0 Å². The van der Waals surface area contributed by atoms with E-state index in [4.69, 9.17) is 9.47 Å². The molecule has 7 rings (SSSR count). The van der Waals surface area contributed by atoms with E-state index in [1.807, 2.05) is 45.9 Å². The zero-order valence-corrected chi connectivity index (χ0v) is 70.9. The highest BCUT2D eigenvalue weighted by Gasteiger charge is 2.52. The maximum atomic E-state index is 15.7. The number of halogens is 5. The molecule has 2 heterocycles. The van der Waals surface area contributed by atoms with E-state index in [1.165, 1.54) is 90.6 Å². The van der Waals surface area contributed by atoms with Gasteiger partial charge in [0.2, 0.25) is 65.0 Å². The van der Waals surface area contributed by atoms with Crippen LogP contribution in [-0.2, 0) is 92.6 Å². The molecule has 0 bridgehead atoms. The molecule has 10 atom stereocenters. The second-order valence-corrected chi connectivity index (χ2v) is 33.6. The number of rotatable bonds is 35. The van der Waals surface area contributed by atoms with E-state index in [2.05, 4.69) is 16.0 Å². The topological polar surface area (TPSA) is 306 Å². The van der Waals surface area contributed by atoms with Gasteiger partial charge in [0.05, 0.1) is 13.0 Å². The number of hydrogen-bond donors (Lipinski definition) is 3. The maximum Gasteiger partial charge on any atom is 0.422 e. The van der Waals surface area contributed by atoms with Crippen LogP contribution in [0.15, 0.2) is 66.7 Å². The van der Waals surface area contributed by atoms with Gasteiger partial charge in [0, 0.05) is 75.4 Å². The molecule has 0 spiro atoms. The number of alkyl halides is 3. The molecular formula is C85H121F5N12O15. The monoisotopic (exact) mass is 1640 g/mol. The van der Waals surface area contributed by atoms with Crippen molar-refractivity contribution in [3.63, 3.8) is 0 Å². The first-order valence-corrected chi connectivity index (χ1v) is 40.7. The summed E-state index contributed by atoms with van der Waals surface area (Å²) in [5.41, 5.74) is -2.73. The molecule has 12 amide bonds. The summed E-state index contributed by atoms with van der Waals surface area (Å²) in [6.07, 6.45) is -3.48. The minimum Gasteiger partial charge on any atom is -0.458 e. The average Bonchev–Trinajstić information content (AvgIpc) is 1.69. The number of benzene rings is 3. The van der Waals surface area contributed by atoms with Gasteiger partial charge in [-0.3, -0.25) is 57.6 Å². The summed E-state index contributed by atoms with van der Waals surface area (Å²) < 4.78 is 83.0. The molecule has 27 nitrogen and oxygen atoms in total. The summed E-state index contributed by atoms with van der Waals surface area (Å²) in [5, 5.41) is 8.49. The second-order valence-electron chi connectivity index (χ2n) is 33.6. The zero-order chi connectivity index (χ0) is 87.0. The van der Waals surface area contributed by atoms with E-state index in [0.717, 1.165) is 20.9 Å². The van der Waals surface area contributed by atoms with Crippen LogP contribution in [0, 0.1) is 36.3 Å². The molecule has 2 saturated carbocycles. The van der Waals surface area contributed by atoms with Gasteiger partial charge in [-0.25, -0.2) is 18.4 Å². The first kappa shape index (κ1) is 94.4. The number of likely N-dealkylation sites (tertiary alicyclic amines) is 2. The van der Waals surface area contributed by atoms with Gasteiger partial charge in [0.1, 0.15) is 89.3 Å². The van der Waals surface area contributed by atoms with Gasteiger partial charge in [0.15, 0.2) is 0 Å². The van der Waals surface area contributed by atoms with E-state index in [-0.39, 0.29) is 82.7 Å². The molecule has 3 N–H and O–H groups in total. The third-order valence-corrected chi connectivity index (χ3v) is 23.2. The molecule has 4 aliphatic rings. The number of ether oxygens (including phenoxy) is 2. The van der Waals surface area contributed by atoms with Gasteiger partial charge in [-0.05, 0) is 152 Å². The first-order chi connectivity index (χ1) is 54.9. The van der Waals surface area contributed by atoms with Crippen molar-refractivity contribution in [1.29, 1.82) is 0 Å². The fourth-order valence-corrected chi connectivity index (χ4v) is 16.0. The van der Waals surface area contributed by atoms with Crippen LogP contribution < -0.4 is 16.0 Å². The van der Waals surface area contributed by atoms with E-state index in [9.17, 15) is 56.3 Å². The molecule has 117 heavy (non-hydrogen) atoms. The molecule has 2 saturated heterocycles. The Morgan fingerprint density at radius 1 is 0.641 bits per heavy atom. The van der Waals surface area contributed by atoms with Gasteiger partial charge < -0.3 is 64.6 Å². The molecule has 646 valence electrons. The summed E-state index contributed by atoms with van der Waals surface area (Å²) in [7, 11) is 9.82. The second kappa shape index (κ2) is 41.1. The number of nitrogens with zero attached hydrogens (tertiary/aromatic N) is 9. The third kappa shape index (κ3) is 24.0. The van der Waals surface area contributed by atoms with E-state index in [0.29, 0.717) is 62.6 Å². The Balaban J connectivity index is 1.12. The summed E-state index contributed by atoms with van der Waals surface area (Å²) in [5.74, 6) is -13.5. The number of esters is 1. The van der Waals surface area contributed by atoms with Gasteiger partial charge in [0.25, 0.3) is 0 Å². The lowest BCUT2D eigenvalue weighted by atomic mass is 9.90. The van der Waals surface area contributed by atoms with Gasteiger partial charge in [-0.1, -0.05) is 120 Å². The quantitative estimate of drug-likeness (QED) is 0.0368. The first-order valence-electron chi connectivity index (χ1n) is 40.7. The summed E-state index contributed by atoms with van der Waals surface area (Å²) in [6, 6.07) is 5.64. The van der Waals surface area contributed by atoms with Crippen molar-refractivity contribution < 1.29 is 93.8 Å². The Morgan fingerprint density at radius 3 is 1.80 bits per heavy atom. The van der Waals surface area contributed by atoms with Crippen LogP contribution in [0.4, 0.5) is 26.7 Å². The van der Waals surface area contributed by atoms with Crippen molar-refractivity contribution in [3.8, 4) is 0 Å². The predicted molar refractivity (Wildman–Crippen MR) is 425 cm³/mol. The lowest BCUT2D eigenvalue weighted by molar-refractivity contribution is -0.164. The summed E-state index contributed by atoms with van der Waals surface area (Å²) in [4.78, 5) is 202. The molecule has 4 fully saturated rings. The number of hydrogen-bond acceptors (Lipinski definition) is 15. The Morgan fingerprint density at radius 2 is 1.26 bits per heavy atom. The van der Waals surface area contributed by atoms with Crippen LogP contribution in [-0.4, -0.2) is 262 Å². The molecule has 0 unspecified atom stereocenters. The third-order valence-electron chi connectivity index (χ3n) is 23.2. The Labute approximate surface area is 684 Å². The Hall–Kier alpha value is -9.78. The number of carbonyl (C=O) groups excluding carboxylic acids is 13. The minimum absolute atomic E-state index is 0.0199. The van der Waals surface area contributed by atoms with Crippen LogP contribution in [0.2, 0.25) is 0 Å². The number of carbonyl (C=O) groups is 13. The zero-order valence-electron chi connectivity index (χ0n) is 70.9. The fourth-order valence-electron chi connectivity index (χ4n) is 16.0. The largest absolute Gasteiger partial charge is 0.458 e. The standard InChI is InChI=1S/C85H121F5N12O15/c1-18-53(6)70(78(111)96(14)54(7)80(113)117-83(8,9)10)92-72(105)64(44-51(3)4)97(15)68(104)48-65(75(108)94(11)12)98(16)79(112)71(58-30-23-24-31-58)99(17)81(114)84(40-25-26-41-84)93-73(106)62-32-27-42-101(62)74(107)61(38-37-57-45-59(86)69(60(87)46-57)85(88,89)90)91-67(103)49-95(13)76(109)66(47-55-35-33-52(5)34-36-55)100(19-2)77(110)63-39-43-102(63)82(115)116-50-56-28-21-20-22-29-56/h20-22,28-29,33-36,45-46,51,53-54,58,61-66,70-71H,18-19,23-27,30-32,37-44,47-50H2,1-17H3,(H,91,103)(H,92,105)(H,93,106)/t53-,54-,61-,62-,63-,64-,65-,66-,70-,71-/m0/s1. The van der Waals surface area contributed by atoms with Crippen LogP contribution in [0.1, 0.15) is 186 Å². The van der Waals surface area contributed by atoms with Crippen molar-refractivity contribution in [1.82, 2.24) is 60.0 Å². The fraction of sp³-hybridized carbons (Fsp3) is 0.635. The number of nitrogens with one attached hydrogen (secondary N) is 3. The molecule has 0 aromatic heterocycles. The van der Waals surface area contributed by atoms with Crippen LogP contribution in [0.3, 0.4) is 0 Å². The minimum atomic E-state index is -5.41. The molecule has 3 aromatic carbocycles. The highest BCUT2D eigenvalue weighted by atomic mass is 19.4. The van der Waals surface area contributed by atoms with Crippen molar-refractivity contribution >= 4 is 77.0 Å². The summed E-state index contributed by atoms with van der Waals surface area (Å²) in [6.45, 7) is 16.7. The number of likely N-dealkylation sites (N-methyl/N-ethyl adjacent to an activating group) is 7. The average molecular weight is 1650 g/mol. The van der Waals surface area contributed by atoms with E-state index in [1.54, 1.807) is 71.0 Å². The van der Waals surface area contributed by atoms with Crippen molar-refractivity contribution in [3.05, 3.63) is 106 Å². The molecule has 3 aromatic rings. The highest BCUT2D eigenvalue weighted by Crippen LogP contribution is 2.39. The van der Waals surface area contributed by atoms with Crippen LogP contribution >= 0.6 is 0 Å². The Kier molecular flexibility index (Phi) is 33.1. The molecule has 2 aliphatic carbocycles. The van der Waals surface area contributed by atoms with Crippen LogP contribution in [0.25, 0.3) is 0 Å². The highest BCUT2D eigenvalue weighted by molar-refractivity contribution is 6.01. The maximum absolute atomic E-state index is 15.7. The van der Waals surface area contributed by atoms with Gasteiger partial charge >= 0.3 is 18.2 Å². The lowest BCUT2D eigenvalue weighted by Crippen LogP contribution is -2.65. The SMILES string of the molecule is CC[C@H](C)[C@H](NC(=O)[C@H](CC(C)C)N(C)C(=O)C[C@@H](C(=O)N(C)C)N(C)C(=O)[C@H](C1CCCC1)N(C)C(=O)C1(NC(=O)[C@@H]2CCCN2C(=O)[C@H](CCc2cc(F)c(C(F)(F)F)c(F)c2)NC(=O)CN(C)C(=O)[C@H](Cc2ccc(C)cc2)N(CC)C(=O)[C@@H]2CCN2C(=O)OCc2ccccc2)CCCC1)C(=O)N(C)[C@@H](C)C(=O)OC(C)(C)C. The smallest absolute Gasteiger partial charge is 0.422 e. The van der Waals surface area contributed by atoms with E-state index < -0.39 is 204 Å². The van der Waals surface area contributed by atoms with Gasteiger partial charge in [-0.2, -0.15) is 13.2 Å². The summed E-state index contributed by atoms with van der Waals surface area (Å²) >= 11 is 0. The molecule has 2 aliphatic heterocycles. The van der Waals surface area contributed by atoms with Gasteiger partial charge in [-0.15, -0.1) is 0 Å². The lowest BCUT2D eigenvalue weighted by Gasteiger charge is -2.43. The van der Waals surface area contributed by atoms with Crippen molar-refractivity contribution in [2.45, 2.75) is 257 Å². The number of amides is 12. The van der Waals surface area contributed by atoms with Crippen molar-refractivity contribution in [2.75, 3.05) is 75.5 Å². The van der Waals surface area contributed by atoms with Crippen molar-refractivity contribution in [2.24, 2.45) is 17.8 Å². The molecule has 0 radical (unpaired) electrons. The molecule has 32 heteroatoms. The predicted octanol–water partition coefficient (Wildman–Crippen LogP) is 8.37. The Bertz CT molecular complexity index is 4010. The molecular weight excluding hydrogens is 1520 g/mol. The van der Waals surface area contributed by atoms with Crippen LogP contribution in [0.5, 0.6) is 0 Å². The number of aryl methyl sites for hydroxylation is 2. The normalized spacial score (nSPS) is 18.1.